The molecule has 2 unspecified atom stereocenters. The number of amides is 1. The molecule has 3 rings (SSSR count). The van der Waals surface area contributed by atoms with Gasteiger partial charge in [0.05, 0.1) is 12.1 Å². The third kappa shape index (κ3) is 1.34. The van der Waals surface area contributed by atoms with Crippen molar-refractivity contribution in [1.82, 2.24) is 5.32 Å². The van der Waals surface area contributed by atoms with Gasteiger partial charge in [0.15, 0.2) is 0 Å². The third-order valence-corrected chi connectivity index (χ3v) is 3.33. The van der Waals surface area contributed by atoms with E-state index in [-0.39, 0.29) is 11.9 Å². The molecule has 0 spiro atoms. The van der Waals surface area contributed by atoms with Crippen molar-refractivity contribution >= 4 is 23.2 Å². The SMILES string of the molecule is O=C1C2CC(CN2)N1c1cccc(Cl)c1. The summed E-state index contributed by atoms with van der Waals surface area (Å²) in [4.78, 5) is 13.8. The number of rotatable bonds is 1. The van der Waals surface area contributed by atoms with E-state index in [0.717, 1.165) is 18.7 Å². The van der Waals surface area contributed by atoms with Crippen LogP contribution in [0, 0.1) is 0 Å². The average Bonchev–Trinajstić information content (AvgIpc) is 2.77. The van der Waals surface area contributed by atoms with E-state index in [2.05, 4.69) is 5.32 Å². The molecule has 1 amide bonds. The Labute approximate surface area is 93.0 Å². The fourth-order valence-corrected chi connectivity index (χ4v) is 2.60. The minimum atomic E-state index is 0.0222. The van der Waals surface area contributed by atoms with Gasteiger partial charge in [0.25, 0.3) is 0 Å². The topological polar surface area (TPSA) is 32.3 Å². The molecule has 15 heavy (non-hydrogen) atoms. The lowest BCUT2D eigenvalue weighted by atomic mass is 10.2. The first-order valence-corrected chi connectivity index (χ1v) is 5.45. The van der Waals surface area contributed by atoms with E-state index in [9.17, 15) is 4.79 Å². The van der Waals surface area contributed by atoms with Gasteiger partial charge in [-0.15, -0.1) is 0 Å². The van der Waals surface area contributed by atoms with E-state index in [1.54, 1.807) is 0 Å². The number of carbonyl (C=O) groups is 1. The van der Waals surface area contributed by atoms with Crippen molar-refractivity contribution in [2.45, 2.75) is 18.5 Å². The van der Waals surface area contributed by atoms with Gasteiger partial charge >= 0.3 is 0 Å². The number of hydrogen-bond donors (Lipinski definition) is 1. The summed E-state index contributed by atoms with van der Waals surface area (Å²) in [5, 5.41) is 3.87. The van der Waals surface area contributed by atoms with Crippen molar-refractivity contribution in [2.24, 2.45) is 0 Å². The van der Waals surface area contributed by atoms with Gasteiger partial charge in [-0.05, 0) is 24.6 Å². The van der Waals surface area contributed by atoms with Gasteiger partial charge in [-0.25, -0.2) is 0 Å². The average molecular weight is 223 g/mol. The van der Waals surface area contributed by atoms with E-state index in [1.807, 2.05) is 29.2 Å². The summed E-state index contributed by atoms with van der Waals surface area (Å²) in [5.41, 5.74) is 0.918. The number of anilines is 1. The van der Waals surface area contributed by atoms with Crippen molar-refractivity contribution in [3.8, 4) is 0 Å². The summed E-state index contributed by atoms with van der Waals surface area (Å²) in [7, 11) is 0. The van der Waals surface area contributed by atoms with Crippen molar-refractivity contribution < 1.29 is 4.79 Å². The summed E-state index contributed by atoms with van der Waals surface area (Å²) in [5.74, 6) is 0.175. The summed E-state index contributed by atoms with van der Waals surface area (Å²) in [6, 6.07) is 7.81. The zero-order valence-electron chi connectivity index (χ0n) is 8.11. The van der Waals surface area contributed by atoms with Crippen molar-refractivity contribution in [3.05, 3.63) is 29.3 Å². The Balaban J connectivity index is 1.98. The van der Waals surface area contributed by atoms with Crippen molar-refractivity contribution in [1.29, 1.82) is 0 Å². The maximum absolute atomic E-state index is 11.9. The normalized spacial score (nSPS) is 28.9. The molecule has 4 heteroatoms. The fourth-order valence-electron chi connectivity index (χ4n) is 2.41. The summed E-state index contributed by atoms with van der Waals surface area (Å²) in [6.45, 7) is 0.892. The molecular formula is C11H11ClN2O. The summed E-state index contributed by atoms with van der Waals surface area (Å²) < 4.78 is 0. The van der Waals surface area contributed by atoms with Gasteiger partial charge in [-0.2, -0.15) is 0 Å². The number of piperazine rings is 1. The Kier molecular flexibility index (Phi) is 1.97. The second kappa shape index (κ2) is 3.22. The summed E-state index contributed by atoms with van der Waals surface area (Å²) in [6.07, 6.45) is 0.922. The van der Waals surface area contributed by atoms with Crippen LogP contribution < -0.4 is 10.2 Å². The number of fused-ring (bicyclic) bond motifs is 2. The highest BCUT2D eigenvalue weighted by Crippen LogP contribution is 2.31. The molecule has 0 radical (unpaired) electrons. The van der Waals surface area contributed by atoms with E-state index in [0.29, 0.717) is 11.1 Å². The minimum Gasteiger partial charge on any atom is -0.307 e. The first-order valence-electron chi connectivity index (χ1n) is 5.08. The second-order valence-corrected chi connectivity index (χ2v) is 4.47. The maximum Gasteiger partial charge on any atom is 0.244 e. The zero-order valence-corrected chi connectivity index (χ0v) is 8.87. The molecule has 2 saturated heterocycles. The molecule has 1 aromatic rings. The third-order valence-electron chi connectivity index (χ3n) is 3.09. The first-order chi connectivity index (χ1) is 7.25. The number of halogens is 1. The van der Waals surface area contributed by atoms with Crippen LogP contribution in [0.2, 0.25) is 5.02 Å². The highest BCUT2D eigenvalue weighted by molar-refractivity contribution is 6.31. The number of carbonyl (C=O) groups excluding carboxylic acids is 1. The Bertz CT molecular complexity index is 421. The van der Waals surface area contributed by atoms with Gasteiger partial charge in [0.2, 0.25) is 5.91 Å². The lowest BCUT2D eigenvalue weighted by molar-refractivity contribution is -0.119. The smallest absolute Gasteiger partial charge is 0.244 e. The quantitative estimate of drug-likeness (QED) is 0.780. The van der Waals surface area contributed by atoms with Crippen LogP contribution in [0.25, 0.3) is 0 Å². The highest BCUT2D eigenvalue weighted by atomic mass is 35.5. The molecule has 1 aromatic carbocycles. The highest BCUT2D eigenvalue weighted by Gasteiger charge is 2.45. The Morgan fingerprint density at radius 1 is 1.47 bits per heavy atom. The fraction of sp³-hybridized carbons (Fsp3) is 0.364. The molecule has 0 aromatic heterocycles. The molecule has 2 aliphatic heterocycles. The largest absolute Gasteiger partial charge is 0.307 e. The second-order valence-electron chi connectivity index (χ2n) is 4.04. The maximum atomic E-state index is 11.9. The van der Waals surface area contributed by atoms with Gasteiger partial charge in [-0.1, -0.05) is 17.7 Å². The van der Waals surface area contributed by atoms with E-state index in [1.165, 1.54) is 0 Å². The molecule has 2 aliphatic rings. The molecule has 2 heterocycles. The van der Waals surface area contributed by atoms with E-state index in [4.69, 9.17) is 11.6 Å². The minimum absolute atomic E-state index is 0.0222. The molecule has 0 aliphatic carbocycles. The van der Waals surface area contributed by atoms with E-state index >= 15 is 0 Å². The predicted octanol–water partition coefficient (Wildman–Crippen LogP) is 1.42. The van der Waals surface area contributed by atoms with Gasteiger partial charge in [0, 0.05) is 17.3 Å². The van der Waals surface area contributed by atoms with E-state index < -0.39 is 0 Å². The van der Waals surface area contributed by atoms with Crippen LogP contribution in [0.3, 0.4) is 0 Å². The Morgan fingerprint density at radius 2 is 2.33 bits per heavy atom. The predicted molar refractivity (Wildman–Crippen MR) is 59.1 cm³/mol. The van der Waals surface area contributed by atoms with Crippen LogP contribution in [0.15, 0.2) is 24.3 Å². The molecular weight excluding hydrogens is 212 g/mol. The van der Waals surface area contributed by atoms with Crippen molar-refractivity contribution in [2.75, 3.05) is 11.4 Å². The number of nitrogens with one attached hydrogen (secondary N) is 1. The Morgan fingerprint density at radius 3 is 3.00 bits per heavy atom. The molecule has 2 atom stereocenters. The van der Waals surface area contributed by atoms with Crippen LogP contribution in [-0.2, 0) is 4.79 Å². The lowest BCUT2D eigenvalue weighted by Gasteiger charge is -2.27. The molecule has 1 N–H and O–H groups in total. The van der Waals surface area contributed by atoms with Gasteiger partial charge in [-0.3, -0.25) is 4.79 Å². The number of nitrogens with zero attached hydrogens (tertiary/aromatic N) is 1. The molecule has 2 fully saturated rings. The van der Waals surface area contributed by atoms with Gasteiger partial charge in [0.1, 0.15) is 0 Å². The molecule has 0 saturated carbocycles. The summed E-state index contributed by atoms with van der Waals surface area (Å²) >= 11 is 5.92. The van der Waals surface area contributed by atoms with Crippen LogP contribution in [0.5, 0.6) is 0 Å². The van der Waals surface area contributed by atoms with Crippen molar-refractivity contribution in [3.63, 3.8) is 0 Å². The van der Waals surface area contributed by atoms with Crippen LogP contribution in [-0.4, -0.2) is 24.5 Å². The molecule has 2 bridgehead atoms. The standard InChI is InChI=1S/C11H11ClN2O/c12-7-2-1-3-8(4-7)14-9-5-10(11(14)15)13-6-9/h1-4,9-10,13H,5-6H2. The number of benzene rings is 1. The molecule has 3 nitrogen and oxygen atoms in total. The Hall–Kier alpha value is -1.06. The van der Waals surface area contributed by atoms with Gasteiger partial charge < -0.3 is 10.2 Å². The van der Waals surface area contributed by atoms with Crippen LogP contribution >= 0.6 is 11.6 Å². The lowest BCUT2D eigenvalue weighted by Crippen LogP contribution is -2.48. The van der Waals surface area contributed by atoms with Crippen LogP contribution in [0.1, 0.15) is 6.42 Å². The monoisotopic (exact) mass is 222 g/mol. The molecule has 78 valence electrons. The number of hydrogen-bond acceptors (Lipinski definition) is 2. The van der Waals surface area contributed by atoms with Crippen LogP contribution in [0.4, 0.5) is 5.69 Å². The first kappa shape index (κ1) is 9.19. The zero-order chi connectivity index (χ0) is 10.4.